The fraction of sp³-hybridized carbons (Fsp3) is 0.533. The Kier molecular flexibility index (Phi) is 6.09. The van der Waals surface area contributed by atoms with Crippen LogP contribution in [0.25, 0.3) is 10.7 Å². The molecular weight excluding hydrogens is 302 g/mol. The first-order valence-corrected chi connectivity index (χ1v) is 8.24. The van der Waals surface area contributed by atoms with Gasteiger partial charge in [0.2, 0.25) is 17.6 Å². The highest BCUT2D eigenvalue weighted by molar-refractivity contribution is 7.13. The third-order valence-electron chi connectivity index (χ3n) is 3.37. The Bertz CT molecular complexity index is 581. The minimum atomic E-state index is -0.0666. The van der Waals surface area contributed by atoms with Gasteiger partial charge in [0.15, 0.2) is 0 Å². The largest absolute Gasteiger partial charge is 0.396 e. The molecule has 6 nitrogen and oxygen atoms in total. The first-order chi connectivity index (χ1) is 10.6. The molecule has 2 N–H and O–H groups in total. The Labute approximate surface area is 133 Å². The minimum absolute atomic E-state index is 0.0122. The smallest absolute Gasteiger partial charge is 0.227 e. The maximum atomic E-state index is 12.0. The highest BCUT2D eigenvalue weighted by Gasteiger charge is 2.16. The number of nitrogens with one attached hydrogen (secondary N) is 1. The van der Waals surface area contributed by atoms with E-state index >= 15 is 0 Å². The molecule has 7 heteroatoms. The van der Waals surface area contributed by atoms with Gasteiger partial charge in [0.25, 0.3) is 0 Å². The van der Waals surface area contributed by atoms with Crippen molar-refractivity contribution in [2.75, 3.05) is 6.61 Å². The number of aliphatic hydroxyl groups is 1. The van der Waals surface area contributed by atoms with Crippen LogP contribution in [0.2, 0.25) is 0 Å². The number of rotatable bonds is 8. The normalized spacial score (nSPS) is 12.5. The standard InChI is InChI=1S/C15H21N3O3S/c1-10(2)11(7-8-19)16-13(20)5-6-14-17-15(18-21-14)12-4-3-9-22-12/h3-4,9-11,19H,5-8H2,1-2H3,(H,16,20). The zero-order valence-corrected chi connectivity index (χ0v) is 13.6. The molecule has 0 fully saturated rings. The molecule has 0 radical (unpaired) electrons. The van der Waals surface area contributed by atoms with Gasteiger partial charge >= 0.3 is 0 Å². The molecule has 0 aliphatic heterocycles. The maximum Gasteiger partial charge on any atom is 0.227 e. The third kappa shape index (κ3) is 4.64. The van der Waals surface area contributed by atoms with Gasteiger partial charge in [-0.15, -0.1) is 11.3 Å². The number of amides is 1. The summed E-state index contributed by atoms with van der Waals surface area (Å²) in [5.74, 6) is 1.24. The molecule has 1 amide bonds. The van der Waals surface area contributed by atoms with Crippen LogP contribution in [0.1, 0.15) is 32.6 Å². The molecule has 1 unspecified atom stereocenters. The Balaban J connectivity index is 1.83. The van der Waals surface area contributed by atoms with Gasteiger partial charge in [-0.05, 0) is 23.8 Å². The van der Waals surface area contributed by atoms with Crippen molar-refractivity contribution in [1.29, 1.82) is 0 Å². The van der Waals surface area contributed by atoms with E-state index in [-0.39, 0.29) is 24.5 Å². The molecular formula is C15H21N3O3S. The Morgan fingerprint density at radius 1 is 1.50 bits per heavy atom. The van der Waals surface area contributed by atoms with E-state index in [1.54, 1.807) is 11.3 Å². The summed E-state index contributed by atoms with van der Waals surface area (Å²) in [5, 5.41) is 17.8. The summed E-state index contributed by atoms with van der Waals surface area (Å²) in [6.07, 6.45) is 1.27. The number of carbonyl (C=O) groups excluding carboxylic acids is 1. The molecule has 0 bridgehead atoms. The quantitative estimate of drug-likeness (QED) is 0.778. The molecule has 2 aromatic heterocycles. The zero-order valence-electron chi connectivity index (χ0n) is 12.8. The molecule has 22 heavy (non-hydrogen) atoms. The van der Waals surface area contributed by atoms with Crippen molar-refractivity contribution in [3.63, 3.8) is 0 Å². The van der Waals surface area contributed by atoms with Crippen LogP contribution in [-0.4, -0.2) is 33.8 Å². The number of aryl methyl sites for hydroxylation is 1. The maximum absolute atomic E-state index is 12.0. The molecule has 2 rings (SSSR count). The predicted molar refractivity (Wildman–Crippen MR) is 84.4 cm³/mol. The van der Waals surface area contributed by atoms with Crippen molar-refractivity contribution in [3.05, 3.63) is 23.4 Å². The second-order valence-electron chi connectivity index (χ2n) is 5.42. The van der Waals surface area contributed by atoms with Crippen LogP contribution in [0, 0.1) is 5.92 Å². The van der Waals surface area contributed by atoms with Crippen LogP contribution < -0.4 is 5.32 Å². The summed E-state index contributed by atoms with van der Waals surface area (Å²) in [7, 11) is 0. The van der Waals surface area contributed by atoms with E-state index in [1.165, 1.54) is 0 Å². The van der Waals surface area contributed by atoms with Crippen LogP contribution in [-0.2, 0) is 11.2 Å². The molecule has 0 aromatic carbocycles. The first kappa shape index (κ1) is 16.6. The van der Waals surface area contributed by atoms with E-state index in [0.29, 0.717) is 31.0 Å². The number of nitrogens with zero attached hydrogens (tertiary/aromatic N) is 2. The number of aromatic nitrogens is 2. The van der Waals surface area contributed by atoms with Crippen LogP contribution in [0.3, 0.4) is 0 Å². The molecule has 0 aliphatic rings. The van der Waals surface area contributed by atoms with E-state index in [9.17, 15) is 4.79 Å². The topological polar surface area (TPSA) is 88.2 Å². The molecule has 120 valence electrons. The van der Waals surface area contributed by atoms with Gasteiger partial charge in [-0.2, -0.15) is 4.98 Å². The van der Waals surface area contributed by atoms with E-state index in [4.69, 9.17) is 9.63 Å². The lowest BCUT2D eigenvalue weighted by Gasteiger charge is -2.21. The van der Waals surface area contributed by atoms with Gasteiger partial charge in [-0.3, -0.25) is 4.79 Å². The molecule has 1 atom stereocenters. The van der Waals surface area contributed by atoms with Gasteiger partial charge in [0.05, 0.1) is 4.88 Å². The lowest BCUT2D eigenvalue weighted by atomic mass is 10.0. The van der Waals surface area contributed by atoms with E-state index in [0.717, 1.165) is 4.88 Å². The van der Waals surface area contributed by atoms with Gasteiger partial charge in [-0.25, -0.2) is 0 Å². The number of hydrogen-bond donors (Lipinski definition) is 2. The van der Waals surface area contributed by atoms with E-state index in [2.05, 4.69) is 15.5 Å². The Hall–Kier alpha value is -1.73. The summed E-state index contributed by atoms with van der Waals surface area (Å²) < 4.78 is 5.16. The number of hydrogen-bond acceptors (Lipinski definition) is 6. The van der Waals surface area contributed by atoms with Crippen LogP contribution in [0.5, 0.6) is 0 Å². The second kappa shape index (κ2) is 8.05. The molecule has 2 heterocycles. The lowest BCUT2D eigenvalue weighted by Crippen LogP contribution is -2.39. The van der Waals surface area contributed by atoms with Crippen molar-refractivity contribution in [1.82, 2.24) is 15.5 Å². The van der Waals surface area contributed by atoms with Gasteiger partial charge in [0.1, 0.15) is 0 Å². The Morgan fingerprint density at radius 2 is 2.32 bits per heavy atom. The molecule has 0 aliphatic carbocycles. The van der Waals surface area contributed by atoms with Crippen LogP contribution in [0.4, 0.5) is 0 Å². The van der Waals surface area contributed by atoms with Gasteiger partial charge < -0.3 is 14.9 Å². The van der Waals surface area contributed by atoms with Crippen molar-refractivity contribution in [3.8, 4) is 10.7 Å². The molecule has 0 spiro atoms. The van der Waals surface area contributed by atoms with Gasteiger partial charge in [0, 0.05) is 25.5 Å². The second-order valence-corrected chi connectivity index (χ2v) is 6.37. The summed E-state index contributed by atoms with van der Waals surface area (Å²) in [6, 6.07) is 3.84. The van der Waals surface area contributed by atoms with Crippen LogP contribution >= 0.6 is 11.3 Å². The third-order valence-corrected chi connectivity index (χ3v) is 4.23. The summed E-state index contributed by atoms with van der Waals surface area (Å²) >= 11 is 1.54. The van der Waals surface area contributed by atoms with Crippen molar-refractivity contribution in [2.24, 2.45) is 5.92 Å². The van der Waals surface area contributed by atoms with Crippen molar-refractivity contribution < 1.29 is 14.4 Å². The Morgan fingerprint density at radius 3 is 2.95 bits per heavy atom. The average Bonchev–Trinajstić information content (AvgIpc) is 3.15. The minimum Gasteiger partial charge on any atom is -0.396 e. The van der Waals surface area contributed by atoms with Crippen molar-refractivity contribution in [2.45, 2.75) is 39.2 Å². The highest BCUT2D eigenvalue weighted by Crippen LogP contribution is 2.21. The number of thiophene rings is 1. The molecule has 0 saturated carbocycles. The first-order valence-electron chi connectivity index (χ1n) is 7.37. The average molecular weight is 323 g/mol. The summed E-state index contributed by atoms with van der Waals surface area (Å²) in [5.41, 5.74) is 0. The summed E-state index contributed by atoms with van der Waals surface area (Å²) in [6.45, 7) is 4.11. The number of carbonyl (C=O) groups is 1. The molecule has 2 aromatic rings. The fourth-order valence-electron chi connectivity index (χ4n) is 2.07. The highest BCUT2D eigenvalue weighted by atomic mass is 32.1. The van der Waals surface area contributed by atoms with Crippen LogP contribution in [0.15, 0.2) is 22.0 Å². The predicted octanol–water partition coefficient (Wildman–Crippen LogP) is 2.25. The van der Waals surface area contributed by atoms with E-state index < -0.39 is 0 Å². The zero-order chi connectivity index (χ0) is 15.9. The lowest BCUT2D eigenvalue weighted by molar-refractivity contribution is -0.122. The summed E-state index contributed by atoms with van der Waals surface area (Å²) in [4.78, 5) is 17.2. The van der Waals surface area contributed by atoms with Gasteiger partial charge in [-0.1, -0.05) is 25.1 Å². The van der Waals surface area contributed by atoms with E-state index in [1.807, 2.05) is 31.4 Å². The SMILES string of the molecule is CC(C)C(CCO)NC(=O)CCc1nc(-c2cccs2)no1. The number of aliphatic hydroxyl groups excluding tert-OH is 1. The van der Waals surface area contributed by atoms with Crippen molar-refractivity contribution >= 4 is 17.2 Å². The fourth-order valence-corrected chi connectivity index (χ4v) is 2.72. The molecule has 0 saturated heterocycles. The monoisotopic (exact) mass is 323 g/mol.